The number of benzene rings is 3. The van der Waals surface area contributed by atoms with E-state index < -0.39 is 0 Å². The van der Waals surface area contributed by atoms with E-state index in [2.05, 4.69) is 20.6 Å². The van der Waals surface area contributed by atoms with E-state index in [1.54, 1.807) is 13.0 Å². The Hall–Kier alpha value is -4.19. The summed E-state index contributed by atoms with van der Waals surface area (Å²) in [6, 6.07) is 22.8. The summed E-state index contributed by atoms with van der Waals surface area (Å²) in [4.78, 5) is 20.5. The van der Waals surface area contributed by atoms with Crippen LogP contribution in [0, 0.1) is 0 Å². The summed E-state index contributed by atoms with van der Waals surface area (Å²) >= 11 is 0. The molecule has 2 N–H and O–H groups in total. The second kappa shape index (κ2) is 8.87. The fraction of sp³-hybridized carbons (Fsp3) is 0.0417. The molecule has 4 aromatic rings. The minimum atomic E-state index is -0.183. The number of hydrogen-bond acceptors (Lipinski definition) is 5. The van der Waals surface area contributed by atoms with Crippen molar-refractivity contribution in [2.45, 2.75) is 6.92 Å². The van der Waals surface area contributed by atoms with Gasteiger partial charge >= 0.3 is 0 Å². The van der Waals surface area contributed by atoms with Crippen molar-refractivity contribution >= 4 is 34.0 Å². The molecule has 0 fully saturated rings. The van der Waals surface area contributed by atoms with Gasteiger partial charge in [0.1, 0.15) is 23.6 Å². The maximum Gasteiger partial charge on any atom is 0.248 e. The normalized spacial score (nSPS) is 10.8. The van der Waals surface area contributed by atoms with E-state index in [4.69, 9.17) is 4.74 Å². The van der Waals surface area contributed by atoms with Crippen LogP contribution < -0.4 is 15.4 Å². The number of anilines is 3. The van der Waals surface area contributed by atoms with E-state index in [0.29, 0.717) is 11.5 Å². The Balaban J connectivity index is 1.54. The number of allylic oxidation sites excluding steroid dienone is 1. The van der Waals surface area contributed by atoms with Crippen LogP contribution in [0.25, 0.3) is 10.9 Å². The molecule has 6 heteroatoms. The van der Waals surface area contributed by atoms with Gasteiger partial charge in [-0.15, -0.1) is 0 Å². The Labute approximate surface area is 174 Å². The van der Waals surface area contributed by atoms with Crippen molar-refractivity contribution in [2.24, 2.45) is 0 Å². The van der Waals surface area contributed by atoms with E-state index in [1.165, 1.54) is 12.4 Å². The van der Waals surface area contributed by atoms with Gasteiger partial charge in [-0.3, -0.25) is 4.79 Å². The second-order valence-electron chi connectivity index (χ2n) is 6.51. The van der Waals surface area contributed by atoms with E-state index >= 15 is 0 Å². The van der Waals surface area contributed by atoms with Gasteiger partial charge in [0.05, 0.1) is 5.52 Å². The zero-order chi connectivity index (χ0) is 20.8. The van der Waals surface area contributed by atoms with Crippen molar-refractivity contribution in [1.29, 1.82) is 0 Å². The number of carbonyl (C=O) groups is 1. The molecule has 0 spiro atoms. The molecule has 0 aliphatic carbocycles. The molecule has 0 atom stereocenters. The highest BCUT2D eigenvalue weighted by Crippen LogP contribution is 2.28. The number of fused-ring (bicyclic) bond motifs is 1. The third kappa shape index (κ3) is 4.62. The molecule has 0 saturated heterocycles. The van der Waals surface area contributed by atoms with Crippen molar-refractivity contribution in [2.75, 3.05) is 10.6 Å². The minimum Gasteiger partial charge on any atom is -0.457 e. The molecule has 4 rings (SSSR count). The molecule has 6 nitrogen and oxygen atoms in total. The van der Waals surface area contributed by atoms with Crippen molar-refractivity contribution < 1.29 is 9.53 Å². The number of hydrogen-bond donors (Lipinski definition) is 2. The van der Waals surface area contributed by atoms with Crippen molar-refractivity contribution in [3.63, 3.8) is 0 Å². The summed E-state index contributed by atoms with van der Waals surface area (Å²) < 4.78 is 5.83. The van der Waals surface area contributed by atoms with Gasteiger partial charge in [0.2, 0.25) is 5.91 Å². The van der Waals surface area contributed by atoms with Crippen LogP contribution in [0.15, 0.2) is 91.3 Å². The van der Waals surface area contributed by atoms with E-state index in [0.717, 1.165) is 28.1 Å². The molecule has 0 radical (unpaired) electrons. The average Bonchev–Trinajstić information content (AvgIpc) is 2.76. The number of para-hydroxylation sites is 1. The molecule has 1 amide bonds. The monoisotopic (exact) mass is 396 g/mol. The molecule has 0 aliphatic rings. The molecule has 148 valence electrons. The quantitative estimate of drug-likeness (QED) is 0.410. The first-order chi connectivity index (χ1) is 14.7. The number of aromatic nitrogens is 2. The van der Waals surface area contributed by atoms with Crippen LogP contribution in [0.3, 0.4) is 0 Å². The predicted octanol–water partition coefficient (Wildman–Crippen LogP) is 5.68. The van der Waals surface area contributed by atoms with E-state index in [-0.39, 0.29) is 5.91 Å². The Kier molecular flexibility index (Phi) is 5.66. The minimum absolute atomic E-state index is 0.183. The maximum absolute atomic E-state index is 11.8. The van der Waals surface area contributed by atoms with Gasteiger partial charge in [0.15, 0.2) is 0 Å². The fourth-order valence-corrected chi connectivity index (χ4v) is 2.94. The van der Waals surface area contributed by atoms with E-state index in [9.17, 15) is 4.79 Å². The van der Waals surface area contributed by atoms with Crippen LogP contribution in [0.5, 0.6) is 11.5 Å². The first-order valence-electron chi connectivity index (χ1n) is 9.50. The lowest BCUT2D eigenvalue weighted by atomic mass is 10.2. The van der Waals surface area contributed by atoms with Gasteiger partial charge in [0.25, 0.3) is 0 Å². The highest BCUT2D eigenvalue weighted by molar-refractivity contribution is 6.01. The molecule has 1 aromatic heterocycles. The summed E-state index contributed by atoms with van der Waals surface area (Å²) in [6.45, 7) is 1.80. The number of amides is 1. The Morgan fingerprint density at radius 3 is 2.40 bits per heavy atom. The van der Waals surface area contributed by atoms with Crippen LogP contribution in [0.2, 0.25) is 0 Å². The molecule has 3 aromatic carbocycles. The first-order valence-corrected chi connectivity index (χ1v) is 9.50. The van der Waals surface area contributed by atoms with Gasteiger partial charge in [-0.2, -0.15) is 0 Å². The van der Waals surface area contributed by atoms with Crippen molar-refractivity contribution in [3.8, 4) is 11.5 Å². The van der Waals surface area contributed by atoms with Crippen LogP contribution in [-0.4, -0.2) is 15.9 Å². The van der Waals surface area contributed by atoms with Crippen LogP contribution in [0.4, 0.5) is 17.2 Å². The first kappa shape index (κ1) is 19.1. The SMILES string of the molecule is C/C=C/C(=O)Nc1ccc2ncnc(Nc3ccc(Oc4ccccc4)cc3)c2c1. The lowest BCUT2D eigenvalue weighted by molar-refractivity contribution is -0.111. The molecule has 30 heavy (non-hydrogen) atoms. The molecular formula is C24H20N4O2. The van der Waals surface area contributed by atoms with Gasteiger partial charge in [-0.25, -0.2) is 9.97 Å². The molecule has 0 aliphatic heterocycles. The Morgan fingerprint density at radius 2 is 1.63 bits per heavy atom. The largest absolute Gasteiger partial charge is 0.457 e. The maximum atomic E-state index is 11.8. The molecule has 0 bridgehead atoms. The summed E-state index contributed by atoms with van der Waals surface area (Å²) in [5.74, 6) is 2.00. The van der Waals surface area contributed by atoms with Crippen LogP contribution in [0.1, 0.15) is 6.92 Å². The Bertz CT molecular complexity index is 1190. The highest BCUT2D eigenvalue weighted by Gasteiger charge is 2.07. The standard InChI is InChI=1S/C24H20N4O2/c1-2-6-23(29)27-18-11-14-22-21(15-18)24(26-16-25-22)28-17-9-12-20(13-10-17)30-19-7-4-3-5-8-19/h2-16H,1H3,(H,27,29)(H,25,26,28)/b6-2+. The average molecular weight is 396 g/mol. The Morgan fingerprint density at radius 1 is 0.900 bits per heavy atom. The topological polar surface area (TPSA) is 76.1 Å². The number of nitrogens with zero attached hydrogens (tertiary/aromatic N) is 2. The smallest absolute Gasteiger partial charge is 0.248 e. The number of nitrogens with one attached hydrogen (secondary N) is 2. The fourth-order valence-electron chi connectivity index (χ4n) is 2.94. The third-order valence-corrected chi connectivity index (χ3v) is 4.32. The summed E-state index contributed by atoms with van der Waals surface area (Å²) in [6.07, 6.45) is 4.68. The molecule has 0 unspecified atom stereocenters. The highest BCUT2D eigenvalue weighted by atomic mass is 16.5. The van der Waals surface area contributed by atoms with Crippen LogP contribution in [-0.2, 0) is 4.79 Å². The zero-order valence-electron chi connectivity index (χ0n) is 16.4. The molecular weight excluding hydrogens is 376 g/mol. The van der Waals surface area contributed by atoms with Crippen molar-refractivity contribution in [1.82, 2.24) is 9.97 Å². The zero-order valence-corrected chi connectivity index (χ0v) is 16.4. The number of carbonyl (C=O) groups excluding carboxylic acids is 1. The summed E-state index contributed by atoms with van der Waals surface area (Å²) in [5, 5.41) is 6.95. The number of ether oxygens (including phenoxy) is 1. The van der Waals surface area contributed by atoms with E-state index in [1.807, 2.05) is 72.8 Å². The van der Waals surface area contributed by atoms with Gasteiger partial charge in [-0.1, -0.05) is 24.3 Å². The molecule has 0 saturated carbocycles. The summed E-state index contributed by atoms with van der Waals surface area (Å²) in [7, 11) is 0. The second-order valence-corrected chi connectivity index (χ2v) is 6.51. The van der Waals surface area contributed by atoms with Crippen LogP contribution >= 0.6 is 0 Å². The van der Waals surface area contributed by atoms with Gasteiger partial charge < -0.3 is 15.4 Å². The third-order valence-electron chi connectivity index (χ3n) is 4.32. The van der Waals surface area contributed by atoms with Gasteiger partial charge in [0, 0.05) is 16.8 Å². The summed E-state index contributed by atoms with van der Waals surface area (Å²) in [5.41, 5.74) is 2.31. The lowest BCUT2D eigenvalue weighted by Gasteiger charge is -2.11. The van der Waals surface area contributed by atoms with Crippen molar-refractivity contribution in [3.05, 3.63) is 91.3 Å². The van der Waals surface area contributed by atoms with Gasteiger partial charge in [-0.05, 0) is 67.6 Å². The predicted molar refractivity (Wildman–Crippen MR) is 119 cm³/mol. The lowest BCUT2D eigenvalue weighted by Crippen LogP contribution is -2.07. The number of rotatable bonds is 6. The molecule has 1 heterocycles.